The van der Waals surface area contributed by atoms with Gasteiger partial charge in [-0.2, -0.15) is 0 Å². The van der Waals surface area contributed by atoms with Gasteiger partial charge in [0, 0.05) is 0 Å². The van der Waals surface area contributed by atoms with E-state index in [1.165, 1.54) is 0 Å². The summed E-state index contributed by atoms with van der Waals surface area (Å²) in [5.41, 5.74) is 0. The van der Waals surface area contributed by atoms with Crippen LogP contribution in [-0.2, 0) is 14.6 Å². The Morgan fingerprint density at radius 3 is 1.85 bits per heavy atom. The van der Waals surface area contributed by atoms with E-state index in [1.807, 2.05) is 5.92 Å². The van der Waals surface area contributed by atoms with Crippen molar-refractivity contribution in [1.29, 1.82) is 0 Å². The van der Waals surface area contributed by atoms with Crippen LogP contribution >= 0.6 is 0 Å². The van der Waals surface area contributed by atoms with E-state index in [2.05, 4.69) is 10.6 Å². The predicted molar refractivity (Wildman–Crippen MR) is 33.6 cm³/mol. The summed E-state index contributed by atoms with van der Waals surface area (Å²) < 4.78 is 61.1. The molecule has 0 aromatic carbocycles. The van der Waals surface area contributed by atoms with Gasteiger partial charge in [-0.25, -0.2) is 8.42 Å². The Bertz CT molecular complexity index is 235. The van der Waals surface area contributed by atoms with Crippen molar-refractivity contribution < 1.29 is 49.0 Å². The first-order valence-corrected chi connectivity index (χ1v) is 3.59. The van der Waals surface area contributed by atoms with Gasteiger partial charge in [0.05, 0.1) is 0 Å². The maximum atomic E-state index is 9.67. The SMILES string of the molecule is C#CCOS(=O)(=O)[O-].FB(F)F.[Li+]. The Morgan fingerprint density at radius 1 is 1.46 bits per heavy atom. The molecule has 10 heteroatoms. The molecule has 0 radical (unpaired) electrons. The molecule has 0 N–H and O–H groups in total. The Kier molecular flexibility index (Phi) is 14.3. The fraction of sp³-hybridized carbons (Fsp3) is 0.333. The minimum Gasteiger partial charge on any atom is -0.725 e. The topological polar surface area (TPSA) is 66.4 Å². The third-order valence-electron chi connectivity index (χ3n) is 0.287. The molecule has 0 aliphatic heterocycles. The molecule has 0 rings (SSSR count). The molecule has 0 atom stereocenters. The monoisotopic (exact) mass is 210 g/mol. The third-order valence-corrected chi connectivity index (χ3v) is 0.693. The first kappa shape index (κ1) is 18.6. The maximum Gasteiger partial charge on any atom is 1.00 e. The normalized spacial score (nSPS) is 8.54. The van der Waals surface area contributed by atoms with Crippen LogP contribution in [-0.4, -0.2) is 27.1 Å². The number of rotatable bonds is 2. The van der Waals surface area contributed by atoms with Crippen LogP contribution in [0.25, 0.3) is 0 Å². The first-order chi connectivity index (χ1) is 5.29. The molecule has 13 heavy (non-hydrogen) atoms. The van der Waals surface area contributed by atoms with Crippen LogP contribution in [0.4, 0.5) is 12.9 Å². The largest absolute Gasteiger partial charge is 1.00 e. The van der Waals surface area contributed by atoms with Gasteiger partial charge in [0.1, 0.15) is 6.61 Å². The molecule has 0 spiro atoms. The summed E-state index contributed by atoms with van der Waals surface area (Å²) in [5, 5.41) is 0. The molecular weight excluding hydrogens is 207 g/mol. The predicted octanol–water partition coefficient (Wildman–Crippen LogP) is -3.02. The van der Waals surface area contributed by atoms with Crippen LogP contribution in [0.5, 0.6) is 0 Å². The summed E-state index contributed by atoms with van der Waals surface area (Å²) in [6, 6.07) is 0. The number of halogens is 3. The van der Waals surface area contributed by atoms with Crippen LogP contribution in [0.2, 0.25) is 0 Å². The molecule has 0 fully saturated rings. The van der Waals surface area contributed by atoms with E-state index in [-0.39, 0.29) is 18.9 Å². The van der Waals surface area contributed by atoms with E-state index in [4.69, 9.17) is 0 Å². The van der Waals surface area contributed by atoms with Crippen LogP contribution in [0.15, 0.2) is 0 Å². The van der Waals surface area contributed by atoms with Crippen molar-refractivity contribution in [2.75, 3.05) is 6.61 Å². The molecule has 70 valence electrons. The fourth-order valence-electron chi connectivity index (χ4n) is 0.106. The summed E-state index contributed by atoms with van der Waals surface area (Å²) in [7, 11) is -8.25. The van der Waals surface area contributed by atoms with Crippen molar-refractivity contribution in [3.8, 4) is 12.3 Å². The van der Waals surface area contributed by atoms with E-state index in [0.717, 1.165) is 0 Å². The van der Waals surface area contributed by atoms with Gasteiger partial charge in [-0.1, -0.05) is 5.92 Å². The van der Waals surface area contributed by atoms with Crippen molar-refractivity contribution >= 4 is 17.9 Å². The maximum absolute atomic E-state index is 9.67. The quantitative estimate of drug-likeness (QED) is 0.210. The van der Waals surface area contributed by atoms with Gasteiger partial charge in [0.2, 0.25) is 10.4 Å². The van der Waals surface area contributed by atoms with E-state index >= 15 is 0 Å². The summed E-state index contributed by atoms with van der Waals surface area (Å²) in [6.07, 6.45) is 4.56. The second-order valence-corrected chi connectivity index (χ2v) is 2.17. The van der Waals surface area contributed by atoms with Crippen molar-refractivity contribution in [2.45, 2.75) is 0 Å². The second-order valence-electron chi connectivity index (χ2n) is 1.12. The van der Waals surface area contributed by atoms with Gasteiger partial charge in [-0.05, 0) is 0 Å². The van der Waals surface area contributed by atoms with Crippen LogP contribution in [0.1, 0.15) is 0 Å². The molecule has 0 aliphatic carbocycles. The molecule has 4 nitrogen and oxygen atoms in total. The van der Waals surface area contributed by atoms with Gasteiger partial charge < -0.3 is 4.55 Å². The minimum absolute atomic E-state index is 0. The summed E-state index contributed by atoms with van der Waals surface area (Å²) >= 11 is 0. The molecule has 0 heterocycles. The molecular formula is C3H3BF3LiO4S. The molecule has 0 amide bonds. The molecule has 0 aromatic heterocycles. The van der Waals surface area contributed by atoms with E-state index in [9.17, 15) is 25.9 Å². The first-order valence-electron chi connectivity index (χ1n) is 2.25. The van der Waals surface area contributed by atoms with Crippen molar-refractivity contribution in [2.24, 2.45) is 0 Å². The van der Waals surface area contributed by atoms with Crippen molar-refractivity contribution in [3.63, 3.8) is 0 Å². The second kappa shape index (κ2) is 9.97. The van der Waals surface area contributed by atoms with Crippen molar-refractivity contribution in [3.05, 3.63) is 0 Å². The van der Waals surface area contributed by atoms with E-state index in [1.54, 1.807) is 0 Å². The standard InChI is InChI=1S/C3H4O4S.BF3.Li/c1-2-3-7-8(4,5)6;2-1(3)4;/h1H,3H2,(H,4,5,6);;/q;;+1/p-1. The molecule has 0 unspecified atom stereocenters. The third kappa shape index (κ3) is 48.7. The number of terminal acetylenes is 1. The Hall–Kier alpha value is -0.118. The van der Waals surface area contributed by atoms with Gasteiger partial charge >= 0.3 is 26.4 Å². The molecule has 0 bridgehead atoms. The molecule has 0 aromatic rings. The summed E-state index contributed by atoms with van der Waals surface area (Å²) in [5.74, 6) is 1.82. The van der Waals surface area contributed by atoms with Crippen LogP contribution in [0.3, 0.4) is 0 Å². The Morgan fingerprint density at radius 2 is 1.77 bits per heavy atom. The minimum atomic E-state index is -4.58. The molecule has 0 aliphatic rings. The van der Waals surface area contributed by atoms with Gasteiger partial charge in [-0.3, -0.25) is 17.1 Å². The van der Waals surface area contributed by atoms with E-state index < -0.39 is 24.5 Å². The average Bonchev–Trinajstić information content (AvgIpc) is 1.80. The zero-order valence-corrected chi connectivity index (χ0v) is 7.35. The Balaban J connectivity index is -0.000000173. The zero-order chi connectivity index (χ0) is 10.2. The summed E-state index contributed by atoms with van der Waals surface area (Å²) in [4.78, 5) is 0. The number of hydrogen-bond acceptors (Lipinski definition) is 4. The van der Waals surface area contributed by atoms with Crippen LogP contribution < -0.4 is 18.9 Å². The molecule has 0 saturated heterocycles. The zero-order valence-electron chi connectivity index (χ0n) is 6.54. The Labute approximate surface area is 86.2 Å². The average molecular weight is 210 g/mol. The number of hydrogen-bond donors (Lipinski definition) is 0. The van der Waals surface area contributed by atoms with Crippen molar-refractivity contribution in [1.82, 2.24) is 0 Å². The van der Waals surface area contributed by atoms with Gasteiger partial charge in [-0.15, -0.1) is 6.42 Å². The van der Waals surface area contributed by atoms with E-state index in [0.29, 0.717) is 0 Å². The fourth-order valence-corrected chi connectivity index (χ4v) is 0.319. The smallest absolute Gasteiger partial charge is 0.725 e. The van der Waals surface area contributed by atoms with Crippen LogP contribution in [0, 0.1) is 12.3 Å². The van der Waals surface area contributed by atoms with Gasteiger partial charge in [0.15, 0.2) is 0 Å². The molecule has 0 saturated carbocycles. The van der Waals surface area contributed by atoms with Gasteiger partial charge in [0.25, 0.3) is 0 Å². The summed E-state index contributed by atoms with van der Waals surface area (Å²) in [6.45, 7) is -0.494.